The van der Waals surface area contributed by atoms with E-state index in [0.717, 1.165) is 17.0 Å². The van der Waals surface area contributed by atoms with Crippen molar-refractivity contribution in [3.05, 3.63) is 73.1 Å². The normalized spacial score (nSPS) is 11.5. The maximum absolute atomic E-state index is 12.9. The van der Waals surface area contributed by atoms with Crippen LogP contribution in [0.3, 0.4) is 0 Å². The molecule has 0 bridgehead atoms. The van der Waals surface area contributed by atoms with E-state index < -0.39 is 5.25 Å². The summed E-state index contributed by atoms with van der Waals surface area (Å²) in [5.74, 6) is 1.05. The van der Waals surface area contributed by atoms with Gasteiger partial charge in [-0.2, -0.15) is 0 Å². The van der Waals surface area contributed by atoms with Crippen molar-refractivity contribution in [1.29, 1.82) is 0 Å². The lowest BCUT2D eigenvalue weighted by molar-refractivity contribution is -0.115. The molecule has 36 heavy (non-hydrogen) atoms. The Hall–Kier alpha value is -4.18. The zero-order valence-electron chi connectivity index (χ0n) is 20.1. The molecule has 2 N–H and O–H groups in total. The summed E-state index contributed by atoms with van der Waals surface area (Å²) in [6.07, 6.45) is 3.43. The monoisotopic (exact) mass is 502 g/mol. The number of carbonyl (C=O) groups excluding carboxylic acids is 2. The van der Waals surface area contributed by atoms with E-state index in [1.165, 1.54) is 18.7 Å². The number of pyridine rings is 1. The minimum absolute atomic E-state index is 0.154. The quantitative estimate of drug-likeness (QED) is 0.316. The highest BCUT2D eigenvalue weighted by atomic mass is 32.2. The van der Waals surface area contributed by atoms with Crippen LogP contribution in [0.15, 0.2) is 78.2 Å². The number of amides is 2. The van der Waals surface area contributed by atoms with Crippen molar-refractivity contribution in [2.75, 3.05) is 17.2 Å². The molecule has 2 aromatic carbocycles. The summed E-state index contributed by atoms with van der Waals surface area (Å²) in [5.41, 5.74) is 2.94. The van der Waals surface area contributed by atoms with Crippen molar-refractivity contribution in [3.8, 4) is 22.8 Å². The first-order valence-electron chi connectivity index (χ1n) is 11.4. The molecule has 0 saturated heterocycles. The van der Waals surface area contributed by atoms with Crippen LogP contribution in [0.1, 0.15) is 20.8 Å². The number of nitrogens with one attached hydrogen (secondary N) is 2. The predicted octanol–water partition coefficient (Wildman–Crippen LogP) is 4.81. The van der Waals surface area contributed by atoms with Gasteiger partial charge in [0.1, 0.15) is 5.75 Å². The molecule has 2 heterocycles. The van der Waals surface area contributed by atoms with E-state index in [2.05, 4.69) is 25.8 Å². The van der Waals surface area contributed by atoms with Crippen molar-refractivity contribution < 1.29 is 14.3 Å². The van der Waals surface area contributed by atoms with Gasteiger partial charge in [-0.15, -0.1) is 10.2 Å². The first-order chi connectivity index (χ1) is 17.4. The molecule has 9 nitrogen and oxygen atoms in total. The number of anilines is 2. The van der Waals surface area contributed by atoms with Crippen LogP contribution in [0.2, 0.25) is 0 Å². The van der Waals surface area contributed by atoms with Gasteiger partial charge in [0.05, 0.1) is 11.9 Å². The van der Waals surface area contributed by atoms with Crippen LogP contribution in [-0.2, 0) is 9.59 Å². The number of carbonyl (C=O) groups is 2. The average Bonchev–Trinajstić information content (AvgIpc) is 3.29. The summed E-state index contributed by atoms with van der Waals surface area (Å²) in [6, 6.07) is 18.3. The van der Waals surface area contributed by atoms with Gasteiger partial charge < -0.3 is 15.4 Å². The maximum atomic E-state index is 12.9. The van der Waals surface area contributed by atoms with Crippen LogP contribution in [0, 0.1) is 0 Å². The number of benzene rings is 2. The maximum Gasteiger partial charge on any atom is 0.237 e. The van der Waals surface area contributed by atoms with Gasteiger partial charge in [0.2, 0.25) is 11.8 Å². The topological polar surface area (TPSA) is 111 Å². The third-order valence-electron chi connectivity index (χ3n) is 5.08. The van der Waals surface area contributed by atoms with E-state index >= 15 is 0 Å². The summed E-state index contributed by atoms with van der Waals surface area (Å²) < 4.78 is 7.48. The van der Waals surface area contributed by atoms with Gasteiger partial charge in [-0.1, -0.05) is 11.8 Å². The summed E-state index contributed by atoms with van der Waals surface area (Å²) in [5, 5.41) is 14.5. The van der Waals surface area contributed by atoms with Gasteiger partial charge in [-0.3, -0.25) is 19.1 Å². The SMILES string of the molecule is CCOc1ccc(-n2c(S[C@@H](C)C(=O)Nc3ccc(NC(C)=O)cc3)nnc2-c2cccnc2)cc1. The van der Waals surface area contributed by atoms with Crippen LogP contribution >= 0.6 is 11.8 Å². The molecule has 2 amide bonds. The van der Waals surface area contributed by atoms with Gasteiger partial charge in [0.15, 0.2) is 11.0 Å². The number of thioether (sulfide) groups is 1. The Bertz CT molecular complexity index is 1320. The van der Waals surface area contributed by atoms with Crippen molar-refractivity contribution >= 4 is 35.0 Å². The Balaban J connectivity index is 1.56. The van der Waals surface area contributed by atoms with E-state index in [4.69, 9.17) is 4.74 Å². The third-order valence-corrected chi connectivity index (χ3v) is 6.13. The van der Waals surface area contributed by atoms with Crippen molar-refractivity contribution in [3.63, 3.8) is 0 Å². The first-order valence-corrected chi connectivity index (χ1v) is 12.3. The number of rotatable bonds is 9. The number of nitrogens with zero attached hydrogens (tertiary/aromatic N) is 4. The van der Waals surface area contributed by atoms with Crippen LogP contribution in [0.4, 0.5) is 11.4 Å². The van der Waals surface area contributed by atoms with Gasteiger partial charge in [0.25, 0.3) is 0 Å². The van der Waals surface area contributed by atoms with Crippen LogP contribution in [-0.4, -0.2) is 43.4 Å². The van der Waals surface area contributed by atoms with Gasteiger partial charge in [-0.05, 0) is 74.5 Å². The summed E-state index contributed by atoms with van der Waals surface area (Å²) in [7, 11) is 0. The smallest absolute Gasteiger partial charge is 0.237 e. The fraction of sp³-hybridized carbons (Fsp3) is 0.192. The molecule has 10 heteroatoms. The molecule has 0 unspecified atom stereocenters. The average molecular weight is 503 g/mol. The minimum Gasteiger partial charge on any atom is -0.494 e. The molecular formula is C26H26N6O3S. The molecule has 0 aliphatic carbocycles. The van der Waals surface area contributed by atoms with E-state index in [9.17, 15) is 9.59 Å². The van der Waals surface area contributed by atoms with Crippen molar-refractivity contribution in [1.82, 2.24) is 19.7 Å². The fourth-order valence-corrected chi connectivity index (χ4v) is 4.28. The van der Waals surface area contributed by atoms with E-state index in [0.29, 0.717) is 29.0 Å². The second-order valence-corrected chi connectivity index (χ2v) is 9.13. The minimum atomic E-state index is -0.465. The summed E-state index contributed by atoms with van der Waals surface area (Å²) in [4.78, 5) is 28.3. The fourth-order valence-electron chi connectivity index (χ4n) is 3.41. The summed E-state index contributed by atoms with van der Waals surface area (Å²) in [6.45, 7) is 5.77. The molecular weight excluding hydrogens is 476 g/mol. The number of aromatic nitrogens is 4. The zero-order valence-corrected chi connectivity index (χ0v) is 21.0. The summed E-state index contributed by atoms with van der Waals surface area (Å²) >= 11 is 1.30. The van der Waals surface area contributed by atoms with E-state index in [1.54, 1.807) is 36.7 Å². The van der Waals surface area contributed by atoms with E-state index in [1.807, 2.05) is 54.8 Å². The molecule has 4 rings (SSSR count). The predicted molar refractivity (Wildman–Crippen MR) is 140 cm³/mol. The molecule has 0 aliphatic heterocycles. The molecule has 0 aliphatic rings. The zero-order chi connectivity index (χ0) is 25.5. The van der Waals surface area contributed by atoms with Crippen LogP contribution in [0.5, 0.6) is 5.75 Å². The number of hydrogen-bond donors (Lipinski definition) is 2. The lowest BCUT2D eigenvalue weighted by Crippen LogP contribution is -2.23. The molecule has 184 valence electrons. The van der Waals surface area contributed by atoms with Crippen LogP contribution in [0.25, 0.3) is 17.1 Å². The standard InChI is InChI=1S/C26H26N6O3S/c1-4-35-23-13-11-22(12-14-23)32-24(19-6-5-15-27-16-19)30-31-26(32)36-17(2)25(34)29-21-9-7-20(8-10-21)28-18(3)33/h5-17H,4H2,1-3H3,(H,28,33)(H,29,34)/t17-/m0/s1. The second-order valence-electron chi connectivity index (χ2n) is 7.82. The molecule has 0 fully saturated rings. The Morgan fingerprint density at radius 2 is 1.69 bits per heavy atom. The highest BCUT2D eigenvalue weighted by Gasteiger charge is 2.22. The molecule has 0 spiro atoms. The highest BCUT2D eigenvalue weighted by Crippen LogP contribution is 2.31. The first kappa shape index (κ1) is 24.9. The lowest BCUT2D eigenvalue weighted by atomic mass is 10.2. The Labute approximate surface area is 213 Å². The third kappa shape index (κ3) is 6.08. The molecule has 0 saturated carbocycles. The lowest BCUT2D eigenvalue weighted by Gasteiger charge is -2.14. The Morgan fingerprint density at radius 3 is 2.31 bits per heavy atom. The van der Waals surface area contributed by atoms with Gasteiger partial charge in [0, 0.05) is 41.9 Å². The van der Waals surface area contributed by atoms with E-state index in [-0.39, 0.29) is 11.8 Å². The van der Waals surface area contributed by atoms with Crippen LogP contribution < -0.4 is 15.4 Å². The molecule has 1 atom stereocenters. The molecule has 0 radical (unpaired) electrons. The largest absolute Gasteiger partial charge is 0.494 e. The molecule has 4 aromatic rings. The molecule has 2 aromatic heterocycles. The number of ether oxygens (including phenoxy) is 1. The second kappa shape index (κ2) is 11.5. The van der Waals surface area contributed by atoms with Gasteiger partial charge >= 0.3 is 0 Å². The number of hydrogen-bond acceptors (Lipinski definition) is 7. The van der Waals surface area contributed by atoms with Crippen molar-refractivity contribution in [2.45, 2.75) is 31.2 Å². The Kier molecular flexibility index (Phi) is 7.96. The highest BCUT2D eigenvalue weighted by molar-refractivity contribution is 8.00. The van der Waals surface area contributed by atoms with Gasteiger partial charge in [-0.25, -0.2) is 0 Å². The van der Waals surface area contributed by atoms with Crippen molar-refractivity contribution in [2.24, 2.45) is 0 Å². The Morgan fingerprint density at radius 1 is 1.00 bits per heavy atom.